The Balaban J connectivity index is 4.28. The first-order valence-electron chi connectivity index (χ1n) is 23.4. The van der Waals surface area contributed by atoms with Crippen molar-refractivity contribution in [3.05, 3.63) is 24.3 Å². The normalized spacial score (nSPS) is 13.1. The Kier molecular flexibility index (Phi) is 38.1. The highest BCUT2D eigenvalue weighted by Crippen LogP contribution is 2.15. The van der Waals surface area contributed by atoms with Crippen molar-refractivity contribution in [1.29, 1.82) is 0 Å². The number of rotatable bonds is 42. The van der Waals surface area contributed by atoms with Crippen molar-refractivity contribution in [1.82, 2.24) is 0 Å². The number of nitrogens with zero attached hydrogens (tertiary/aromatic N) is 1. The number of carbonyl (C=O) groups is 3. The molecule has 0 aliphatic heterocycles. The molecule has 8 heteroatoms. The molecule has 2 unspecified atom stereocenters. The van der Waals surface area contributed by atoms with Crippen LogP contribution in [-0.4, -0.2) is 75.5 Å². The minimum Gasteiger partial charge on any atom is -0.544 e. The lowest BCUT2D eigenvalue weighted by atomic mass is 10.0. The maximum atomic E-state index is 12.7. The summed E-state index contributed by atoms with van der Waals surface area (Å²) in [6, 6.07) is -0.723. The minimum absolute atomic E-state index is 0.0436. The highest BCUT2D eigenvalue weighted by Gasteiger charge is 2.25. The molecule has 0 aliphatic carbocycles. The predicted molar refractivity (Wildman–Crippen MR) is 231 cm³/mol. The van der Waals surface area contributed by atoms with Gasteiger partial charge in [0.15, 0.2) is 6.10 Å². The van der Waals surface area contributed by atoms with E-state index in [1.54, 1.807) is 21.1 Å². The summed E-state index contributed by atoms with van der Waals surface area (Å²) in [7, 11) is 5.41. The van der Waals surface area contributed by atoms with Crippen LogP contribution in [0.1, 0.15) is 213 Å². The third kappa shape index (κ3) is 37.4. The summed E-state index contributed by atoms with van der Waals surface area (Å²) in [6.45, 7) is 4.65. The Bertz CT molecular complexity index is 973. The third-order valence-electron chi connectivity index (χ3n) is 10.6. The second-order valence-corrected chi connectivity index (χ2v) is 17.0. The third-order valence-corrected chi connectivity index (χ3v) is 10.6. The number of aliphatic carboxylic acids is 1. The summed E-state index contributed by atoms with van der Waals surface area (Å²) in [5.74, 6) is -1.73. The van der Waals surface area contributed by atoms with Gasteiger partial charge in [0.2, 0.25) is 0 Å². The number of carboxylic acid groups (broad SMARTS) is 1. The van der Waals surface area contributed by atoms with Crippen LogP contribution in [0.4, 0.5) is 0 Å². The van der Waals surface area contributed by atoms with Crippen molar-refractivity contribution < 1.29 is 38.2 Å². The summed E-state index contributed by atoms with van der Waals surface area (Å²) in [5, 5.41) is 11.6. The maximum Gasteiger partial charge on any atom is 0.306 e. The van der Waals surface area contributed by atoms with Crippen LogP contribution in [-0.2, 0) is 28.6 Å². The molecule has 0 saturated heterocycles. The maximum absolute atomic E-state index is 12.7. The molecular weight excluding hydrogens is 703 g/mol. The monoisotopic (exact) mass is 792 g/mol. The van der Waals surface area contributed by atoms with Crippen molar-refractivity contribution >= 4 is 17.9 Å². The molecule has 0 amide bonds. The topological polar surface area (TPSA) is 102 Å². The molecule has 0 bridgehead atoms. The summed E-state index contributed by atoms with van der Waals surface area (Å²) in [6.07, 6.45) is 43.3. The molecule has 0 aliphatic rings. The van der Waals surface area contributed by atoms with Gasteiger partial charge >= 0.3 is 11.9 Å². The van der Waals surface area contributed by atoms with E-state index in [-0.39, 0.29) is 42.7 Å². The number of quaternary nitrogens is 1. The Morgan fingerprint density at radius 1 is 0.536 bits per heavy atom. The molecular formula is C48H89NO7. The van der Waals surface area contributed by atoms with Gasteiger partial charge in [-0.2, -0.15) is 0 Å². The summed E-state index contributed by atoms with van der Waals surface area (Å²) in [5.41, 5.74) is 0. The van der Waals surface area contributed by atoms with Gasteiger partial charge in [-0.1, -0.05) is 179 Å². The van der Waals surface area contributed by atoms with Crippen LogP contribution in [0.25, 0.3) is 0 Å². The van der Waals surface area contributed by atoms with Crippen molar-refractivity contribution in [3.8, 4) is 0 Å². The van der Waals surface area contributed by atoms with Crippen molar-refractivity contribution in [2.75, 3.05) is 41.0 Å². The van der Waals surface area contributed by atoms with Crippen LogP contribution < -0.4 is 5.11 Å². The van der Waals surface area contributed by atoms with E-state index in [2.05, 4.69) is 38.2 Å². The largest absolute Gasteiger partial charge is 0.544 e. The second kappa shape index (κ2) is 39.6. The zero-order valence-electron chi connectivity index (χ0n) is 37.3. The lowest BCUT2D eigenvalue weighted by Gasteiger charge is -2.34. The fraction of sp³-hybridized carbons (Fsp3) is 0.854. The van der Waals surface area contributed by atoms with Gasteiger partial charge < -0.3 is 28.6 Å². The van der Waals surface area contributed by atoms with E-state index >= 15 is 0 Å². The lowest BCUT2D eigenvalue weighted by molar-refractivity contribution is -0.889. The first kappa shape index (κ1) is 53.8. The molecule has 328 valence electrons. The fourth-order valence-corrected chi connectivity index (χ4v) is 6.94. The predicted octanol–water partition coefficient (Wildman–Crippen LogP) is 11.5. The number of esters is 2. The first-order valence-corrected chi connectivity index (χ1v) is 23.4. The van der Waals surface area contributed by atoms with Crippen molar-refractivity contribution in [2.45, 2.75) is 225 Å². The van der Waals surface area contributed by atoms with Crippen molar-refractivity contribution in [3.63, 3.8) is 0 Å². The quantitative estimate of drug-likeness (QED) is 0.0262. The van der Waals surface area contributed by atoms with Gasteiger partial charge in [-0.3, -0.25) is 9.59 Å². The van der Waals surface area contributed by atoms with Gasteiger partial charge in [0.1, 0.15) is 12.6 Å². The highest BCUT2D eigenvalue weighted by atomic mass is 16.6. The van der Waals surface area contributed by atoms with E-state index < -0.39 is 18.1 Å². The van der Waals surface area contributed by atoms with Crippen LogP contribution in [0.3, 0.4) is 0 Å². The number of hydrogen-bond donors (Lipinski definition) is 0. The molecule has 0 aromatic rings. The molecule has 0 aromatic carbocycles. The Morgan fingerprint density at radius 3 is 1.38 bits per heavy atom. The van der Waals surface area contributed by atoms with Crippen LogP contribution in [0.5, 0.6) is 0 Å². The number of allylic oxidation sites excluding steroid dienone is 4. The molecule has 0 saturated carbocycles. The zero-order valence-corrected chi connectivity index (χ0v) is 37.3. The van der Waals surface area contributed by atoms with Crippen LogP contribution in [0.15, 0.2) is 24.3 Å². The molecule has 2 atom stereocenters. The Labute approximate surface area is 345 Å². The number of unbranched alkanes of at least 4 members (excludes halogenated alkanes) is 25. The number of ether oxygens (including phenoxy) is 3. The van der Waals surface area contributed by atoms with E-state index in [9.17, 15) is 19.5 Å². The van der Waals surface area contributed by atoms with Gasteiger partial charge in [-0.25, -0.2) is 0 Å². The summed E-state index contributed by atoms with van der Waals surface area (Å²) < 4.78 is 17.2. The summed E-state index contributed by atoms with van der Waals surface area (Å²) >= 11 is 0. The second-order valence-electron chi connectivity index (χ2n) is 17.0. The van der Waals surface area contributed by atoms with Crippen LogP contribution >= 0.6 is 0 Å². The van der Waals surface area contributed by atoms with E-state index in [1.807, 2.05) is 0 Å². The minimum atomic E-state index is -1.12. The average Bonchev–Trinajstić information content (AvgIpc) is 3.15. The average molecular weight is 792 g/mol. The van der Waals surface area contributed by atoms with E-state index in [4.69, 9.17) is 14.2 Å². The summed E-state index contributed by atoms with van der Waals surface area (Å²) in [4.78, 5) is 36.9. The van der Waals surface area contributed by atoms with Gasteiger partial charge in [0.05, 0.1) is 40.3 Å². The van der Waals surface area contributed by atoms with Gasteiger partial charge in [-0.15, -0.1) is 0 Å². The van der Waals surface area contributed by atoms with Gasteiger partial charge in [0, 0.05) is 19.3 Å². The number of hydrogen-bond acceptors (Lipinski definition) is 7. The Morgan fingerprint density at radius 2 is 0.929 bits per heavy atom. The standard InChI is InChI=1S/C48H89NO7/c1-6-8-10-12-14-16-18-20-21-22-23-24-25-27-29-31-33-35-37-39-47(51)56-44(42-54-41-40-45(48(52)53)49(3,4)5)43-55-46(50)38-36-34-32-30-28-26-19-17-15-13-11-9-7-2/h14,16,18,20,44-45H,6-13,15,17,19,21-43H2,1-5H3/b16-14+,20-18+. The zero-order chi connectivity index (χ0) is 41.4. The fourth-order valence-electron chi connectivity index (χ4n) is 6.94. The smallest absolute Gasteiger partial charge is 0.306 e. The van der Waals surface area contributed by atoms with Crippen LogP contribution in [0, 0.1) is 0 Å². The molecule has 0 fully saturated rings. The number of carbonyl (C=O) groups excluding carboxylic acids is 3. The van der Waals surface area contributed by atoms with E-state index in [0.29, 0.717) is 12.8 Å². The molecule has 0 N–H and O–H groups in total. The van der Waals surface area contributed by atoms with E-state index in [0.717, 1.165) is 38.5 Å². The molecule has 0 heterocycles. The van der Waals surface area contributed by atoms with Crippen molar-refractivity contribution in [2.24, 2.45) is 0 Å². The molecule has 0 radical (unpaired) electrons. The molecule has 0 rings (SSSR count). The lowest BCUT2D eigenvalue weighted by Crippen LogP contribution is -2.55. The Hall–Kier alpha value is -2.19. The highest BCUT2D eigenvalue weighted by molar-refractivity contribution is 5.70. The van der Waals surface area contributed by atoms with Gasteiger partial charge in [0.25, 0.3) is 0 Å². The molecule has 8 nitrogen and oxygen atoms in total. The van der Waals surface area contributed by atoms with Gasteiger partial charge in [-0.05, 0) is 38.5 Å². The first-order chi connectivity index (χ1) is 27.1. The molecule has 56 heavy (non-hydrogen) atoms. The number of carboxylic acids is 1. The molecule has 0 aromatic heterocycles. The van der Waals surface area contributed by atoms with Crippen LogP contribution in [0.2, 0.25) is 0 Å². The SMILES string of the molecule is CCCCC/C=C/C=C/CCCCCCCCCCCCC(=O)OC(COCCC(C(=O)[O-])[N+](C)(C)C)COC(=O)CCCCCCCCCCCCCCC. The molecule has 0 spiro atoms. The number of likely N-dealkylation sites (N-methyl/N-ethyl adjacent to an activating group) is 1. The van der Waals surface area contributed by atoms with E-state index in [1.165, 1.54) is 141 Å².